The lowest BCUT2D eigenvalue weighted by molar-refractivity contribution is -0.140. The van der Waals surface area contributed by atoms with Gasteiger partial charge in [0.05, 0.1) is 7.11 Å². The second kappa shape index (κ2) is 8.35. The van der Waals surface area contributed by atoms with Gasteiger partial charge in [-0.15, -0.1) is 0 Å². The summed E-state index contributed by atoms with van der Waals surface area (Å²) in [7, 11) is 1.40. The molecule has 0 radical (unpaired) electrons. The van der Waals surface area contributed by atoms with E-state index in [4.69, 9.17) is 0 Å². The van der Waals surface area contributed by atoms with E-state index in [1.165, 1.54) is 13.2 Å². The number of ether oxygens (including phenoxy) is 1. The molecule has 0 aliphatic heterocycles. The van der Waals surface area contributed by atoms with Crippen LogP contribution in [0, 0.1) is 0 Å². The average Bonchev–Trinajstić information content (AvgIpc) is 2.41. The van der Waals surface area contributed by atoms with Crippen molar-refractivity contribution in [3.8, 4) is 0 Å². The fraction of sp³-hybridized carbons (Fsp3) is 0.643. The molecule has 0 fully saturated rings. The number of hydrogen-bond donors (Lipinski definition) is 2. The van der Waals surface area contributed by atoms with Gasteiger partial charge < -0.3 is 15.0 Å². The Labute approximate surface area is 119 Å². The number of aromatic nitrogens is 2. The van der Waals surface area contributed by atoms with Crippen molar-refractivity contribution in [2.45, 2.75) is 45.4 Å². The van der Waals surface area contributed by atoms with Crippen molar-refractivity contribution in [2.75, 3.05) is 19.0 Å². The second-order valence-corrected chi connectivity index (χ2v) is 4.98. The molecule has 0 saturated heterocycles. The summed E-state index contributed by atoms with van der Waals surface area (Å²) in [6, 6.07) is 1.46. The minimum atomic E-state index is -0.171. The number of nitrogens with zero attached hydrogens (tertiary/aromatic N) is 1. The Bertz CT molecular complexity index is 483. The maximum atomic E-state index is 11.5. The van der Waals surface area contributed by atoms with Crippen LogP contribution in [0.3, 0.4) is 0 Å². The van der Waals surface area contributed by atoms with Crippen LogP contribution in [0.15, 0.2) is 10.9 Å². The summed E-state index contributed by atoms with van der Waals surface area (Å²) in [5, 5.41) is 3.14. The van der Waals surface area contributed by atoms with Crippen molar-refractivity contribution in [1.29, 1.82) is 0 Å². The summed E-state index contributed by atoms with van der Waals surface area (Å²) in [4.78, 5) is 29.5. The maximum absolute atomic E-state index is 11.5. The third kappa shape index (κ3) is 5.86. The molecular formula is C14H23N3O3. The molecule has 0 spiro atoms. The highest BCUT2D eigenvalue weighted by Gasteiger charge is 2.05. The van der Waals surface area contributed by atoms with Gasteiger partial charge in [0.25, 0.3) is 5.56 Å². The monoisotopic (exact) mass is 281 g/mol. The van der Waals surface area contributed by atoms with E-state index in [1.807, 2.05) is 13.8 Å². The first-order chi connectivity index (χ1) is 9.52. The van der Waals surface area contributed by atoms with E-state index in [1.54, 1.807) is 0 Å². The molecule has 1 rings (SSSR count). The molecule has 1 heterocycles. The third-order valence-electron chi connectivity index (χ3n) is 2.90. The SMILES string of the molecule is COC(=O)CCCCCNc1cc(=O)[nH]c(C(C)C)n1. The van der Waals surface area contributed by atoms with E-state index in [2.05, 4.69) is 20.0 Å². The van der Waals surface area contributed by atoms with Gasteiger partial charge in [0, 0.05) is 24.9 Å². The molecule has 6 nitrogen and oxygen atoms in total. The molecule has 0 aliphatic rings. The van der Waals surface area contributed by atoms with Crippen molar-refractivity contribution in [2.24, 2.45) is 0 Å². The lowest BCUT2D eigenvalue weighted by atomic mass is 10.2. The lowest BCUT2D eigenvalue weighted by Gasteiger charge is -2.08. The van der Waals surface area contributed by atoms with Crippen molar-refractivity contribution >= 4 is 11.8 Å². The van der Waals surface area contributed by atoms with Crippen molar-refractivity contribution in [3.63, 3.8) is 0 Å². The van der Waals surface area contributed by atoms with E-state index in [9.17, 15) is 9.59 Å². The van der Waals surface area contributed by atoms with Crippen molar-refractivity contribution in [1.82, 2.24) is 9.97 Å². The van der Waals surface area contributed by atoms with Gasteiger partial charge in [-0.3, -0.25) is 9.59 Å². The Hall–Kier alpha value is -1.85. The normalized spacial score (nSPS) is 10.6. The van der Waals surface area contributed by atoms with Crippen LogP contribution >= 0.6 is 0 Å². The van der Waals surface area contributed by atoms with Gasteiger partial charge in [0.2, 0.25) is 0 Å². The van der Waals surface area contributed by atoms with Crippen LogP contribution in [0.25, 0.3) is 0 Å². The fourth-order valence-corrected chi connectivity index (χ4v) is 1.73. The predicted octanol–water partition coefficient (Wildman–Crippen LogP) is 2.04. The minimum absolute atomic E-state index is 0.142. The van der Waals surface area contributed by atoms with E-state index >= 15 is 0 Å². The van der Waals surface area contributed by atoms with Crippen molar-refractivity contribution < 1.29 is 9.53 Å². The van der Waals surface area contributed by atoms with Crippen LogP contribution in [0.4, 0.5) is 5.82 Å². The topological polar surface area (TPSA) is 84.1 Å². The summed E-state index contributed by atoms with van der Waals surface area (Å²) in [5.74, 6) is 1.30. The number of anilines is 1. The Morgan fingerprint density at radius 3 is 2.80 bits per heavy atom. The second-order valence-electron chi connectivity index (χ2n) is 4.98. The number of unbranched alkanes of at least 4 members (excludes halogenated alkanes) is 2. The Kier molecular flexibility index (Phi) is 6.76. The summed E-state index contributed by atoms with van der Waals surface area (Å²) in [6.07, 6.45) is 3.12. The number of esters is 1. The first-order valence-corrected chi connectivity index (χ1v) is 6.95. The number of H-pyrrole nitrogens is 1. The summed E-state index contributed by atoms with van der Waals surface area (Å²) in [6.45, 7) is 4.69. The number of rotatable bonds is 8. The summed E-state index contributed by atoms with van der Waals surface area (Å²) >= 11 is 0. The van der Waals surface area contributed by atoms with Crippen LogP contribution in [0.1, 0.15) is 51.3 Å². The van der Waals surface area contributed by atoms with Gasteiger partial charge in [-0.05, 0) is 12.8 Å². The third-order valence-corrected chi connectivity index (χ3v) is 2.90. The molecule has 0 bridgehead atoms. The molecule has 1 aromatic heterocycles. The molecule has 1 aromatic rings. The van der Waals surface area contributed by atoms with Gasteiger partial charge in [-0.1, -0.05) is 20.3 Å². The number of methoxy groups -OCH3 is 1. The molecule has 0 unspecified atom stereocenters. The lowest BCUT2D eigenvalue weighted by Crippen LogP contribution is -2.15. The quantitative estimate of drug-likeness (QED) is 0.562. The highest BCUT2D eigenvalue weighted by molar-refractivity contribution is 5.68. The van der Waals surface area contributed by atoms with Gasteiger partial charge in [0.1, 0.15) is 11.6 Å². The van der Waals surface area contributed by atoms with E-state index in [-0.39, 0.29) is 17.4 Å². The largest absolute Gasteiger partial charge is 0.469 e. The van der Waals surface area contributed by atoms with E-state index in [0.717, 1.165) is 25.8 Å². The number of carbonyl (C=O) groups is 1. The zero-order valence-corrected chi connectivity index (χ0v) is 12.4. The van der Waals surface area contributed by atoms with Crippen LogP contribution in [-0.2, 0) is 9.53 Å². The Balaban J connectivity index is 2.32. The molecule has 20 heavy (non-hydrogen) atoms. The first kappa shape index (κ1) is 16.2. The average molecular weight is 281 g/mol. The highest BCUT2D eigenvalue weighted by Crippen LogP contribution is 2.09. The number of aromatic amines is 1. The highest BCUT2D eigenvalue weighted by atomic mass is 16.5. The summed E-state index contributed by atoms with van der Waals surface area (Å²) < 4.78 is 4.57. The number of nitrogens with one attached hydrogen (secondary N) is 2. The molecule has 0 aromatic carbocycles. The van der Waals surface area contributed by atoms with E-state index < -0.39 is 0 Å². The maximum Gasteiger partial charge on any atom is 0.305 e. The molecule has 0 saturated carbocycles. The zero-order chi connectivity index (χ0) is 15.0. The minimum Gasteiger partial charge on any atom is -0.469 e. The smallest absolute Gasteiger partial charge is 0.305 e. The molecule has 0 atom stereocenters. The molecule has 0 amide bonds. The number of carbonyl (C=O) groups excluding carboxylic acids is 1. The molecule has 0 aliphatic carbocycles. The summed E-state index contributed by atoms with van der Waals surface area (Å²) in [5.41, 5.74) is -0.142. The van der Waals surface area contributed by atoms with Gasteiger partial charge >= 0.3 is 5.97 Å². The number of hydrogen-bond acceptors (Lipinski definition) is 5. The predicted molar refractivity (Wildman–Crippen MR) is 77.9 cm³/mol. The van der Waals surface area contributed by atoms with Crippen molar-refractivity contribution in [3.05, 3.63) is 22.2 Å². The van der Waals surface area contributed by atoms with Gasteiger partial charge in [0.15, 0.2) is 0 Å². The van der Waals surface area contributed by atoms with Crippen LogP contribution in [-0.4, -0.2) is 29.6 Å². The molecule has 6 heteroatoms. The van der Waals surface area contributed by atoms with Crippen LogP contribution in [0.5, 0.6) is 0 Å². The standard InChI is InChI=1S/C14H23N3O3/c1-10(2)14-16-11(9-12(18)17-14)15-8-6-4-5-7-13(19)20-3/h9-10H,4-8H2,1-3H3,(H2,15,16,17,18). The van der Waals surface area contributed by atoms with Crippen LogP contribution in [0.2, 0.25) is 0 Å². The molecule has 2 N–H and O–H groups in total. The van der Waals surface area contributed by atoms with Crippen LogP contribution < -0.4 is 10.9 Å². The Morgan fingerprint density at radius 2 is 2.15 bits per heavy atom. The fourth-order valence-electron chi connectivity index (χ4n) is 1.73. The first-order valence-electron chi connectivity index (χ1n) is 6.95. The molecular weight excluding hydrogens is 258 g/mol. The molecule has 112 valence electrons. The van der Waals surface area contributed by atoms with Gasteiger partial charge in [-0.2, -0.15) is 0 Å². The van der Waals surface area contributed by atoms with E-state index in [0.29, 0.717) is 18.1 Å². The Morgan fingerprint density at radius 1 is 1.40 bits per heavy atom. The zero-order valence-electron chi connectivity index (χ0n) is 12.4. The van der Waals surface area contributed by atoms with Gasteiger partial charge in [-0.25, -0.2) is 4.98 Å².